The molecule has 31 heavy (non-hydrogen) atoms. The summed E-state index contributed by atoms with van der Waals surface area (Å²) in [5.74, 6) is 1.20. The predicted octanol–water partition coefficient (Wildman–Crippen LogP) is 4.24. The molecular weight excluding hydrogens is 384 g/mol. The molecule has 2 aliphatic heterocycles. The Morgan fingerprint density at radius 3 is 2.65 bits per heavy atom. The largest absolute Gasteiger partial charge is 0.369 e. The van der Waals surface area contributed by atoms with E-state index in [2.05, 4.69) is 73.0 Å². The molecular formula is C26H38N4O. The first kappa shape index (κ1) is 22.1. The third-order valence-electron chi connectivity index (χ3n) is 7.61. The van der Waals surface area contributed by atoms with Crippen LogP contribution in [0.2, 0.25) is 0 Å². The number of fused-ring (bicyclic) bond motifs is 1. The highest BCUT2D eigenvalue weighted by Crippen LogP contribution is 2.36. The average Bonchev–Trinajstić information content (AvgIpc) is 2.74. The Bertz CT molecular complexity index is 932. The lowest BCUT2D eigenvalue weighted by Gasteiger charge is -2.42. The number of aryl methyl sites for hydroxylation is 1. The summed E-state index contributed by atoms with van der Waals surface area (Å²) in [4.78, 5) is 22.8. The number of carbonyl (C=O) groups is 1. The molecule has 1 aromatic heterocycles. The van der Waals surface area contributed by atoms with Crippen LogP contribution in [0.4, 0.5) is 5.69 Å². The van der Waals surface area contributed by atoms with Crippen molar-refractivity contribution in [3.8, 4) is 0 Å². The zero-order chi connectivity index (χ0) is 22.2. The summed E-state index contributed by atoms with van der Waals surface area (Å²) in [5, 5.41) is 4.65. The molecule has 2 aliphatic rings. The van der Waals surface area contributed by atoms with Gasteiger partial charge < -0.3 is 15.1 Å². The van der Waals surface area contributed by atoms with Crippen LogP contribution < -0.4 is 10.2 Å². The first-order valence-corrected chi connectivity index (χ1v) is 11.8. The van der Waals surface area contributed by atoms with E-state index in [1.165, 1.54) is 16.6 Å². The number of pyridine rings is 1. The van der Waals surface area contributed by atoms with Crippen molar-refractivity contribution in [1.82, 2.24) is 15.2 Å². The van der Waals surface area contributed by atoms with Gasteiger partial charge in [-0.2, -0.15) is 0 Å². The Morgan fingerprint density at radius 2 is 1.90 bits per heavy atom. The molecule has 1 amide bonds. The molecule has 0 bridgehead atoms. The van der Waals surface area contributed by atoms with Crippen LogP contribution in [0.25, 0.3) is 10.9 Å². The van der Waals surface area contributed by atoms with E-state index in [1.54, 1.807) is 0 Å². The second kappa shape index (κ2) is 8.78. The third-order valence-corrected chi connectivity index (χ3v) is 7.61. The monoisotopic (exact) mass is 422 g/mol. The quantitative estimate of drug-likeness (QED) is 0.801. The van der Waals surface area contributed by atoms with Crippen molar-refractivity contribution in [2.75, 3.05) is 38.1 Å². The van der Waals surface area contributed by atoms with Crippen molar-refractivity contribution in [2.45, 2.75) is 53.0 Å². The standard InChI is InChI=1S/C26H38N4O/c1-18-15-21(28-25(31)26(3,4)20-10-13-29(5)14-11-20)17-30(16-18)23-9-8-19(2)24-22(23)7-6-12-27-24/h6-9,12,18,20-21H,10-11,13-17H2,1-5H3,(H,28,31)/t18-,21+/m0/s1. The number of piperidine rings is 2. The van der Waals surface area contributed by atoms with E-state index in [0.717, 1.165) is 51.0 Å². The maximum atomic E-state index is 13.4. The van der Waals surface area contributed by atoms with Crippen LogP contribution in [0.5, 0.6) is 0 Å². The maximum absolute atomic E-state index is 13.4. The molecule has 4 rings (SSSR count). The molecule has 5 heteroatoms. The van der Waals surface area contributed by atoms with E-state index in [4.69, 9.17) is 0 Å². The van der Waals surface area contributed by atoms with Gasteiger partial charge in [0.05, 0.1) is 5.52 Å². The molecule has 5 nitrogen and oxygen atoms in total. The van der Waals surface area contributed by atoms with Gasteiger partial charge in [0.25, 0.3) is 0 Å². The Kier molecular flexibility index (Phi) is 6.25. The number of hydrogen-bond acceptors (Lipinski definition) is 4. The summed E-state index contributed by atoms with van der Waals surface area (Å²) in [7, 11) is 2.17. The smallest absolute Gasteiger partial charge is 0.226 e. The van der Waals surface area contributed by atoms with Gasteiger partial charge in [-0.05, 0) is 81.9 Å². The number of amides is 1. The zero-order valence-electron chi connectivity index (χ0n) is 19.8. The number of benzene rings is 1. The van der Waals surface area contributed by atoms with Crippen molar-refractivity contribution >= 4 is 22.5 Å². The van der Waals surface area contributed by atoms with Crippen molar-refractivity contribution < 1.29 is 4.79 Å². The predicted molar refractivity (Wildman–Crippen MR) is 128 cm³/mol. The van der Waals surface area contributed by atoms with Gasteiger partial charge in [0.15, 0.2) is 0 Å². The molecule has 2 saturated heterocycles. The summed E-state index contributed by atoms with van der Waals surface area (Å²) in [6.45, 7) is 12.7. The normalized spacial score (nSPS) is 23.8. The summed E-state index contributed by atoms with van der Waals surface area (Å²) in [5.41, 5.74) is 3.18. The van der Waals surface area contributed by atoms with Crippen molar-refractivity contribution in [1.29, 1.82) is 0 Å². The fourth-order valence-corrected chi connectivity index (χ4v) is 5.51. The van der Waals surface area contributed by atoms with Gasteiger partial charge in [0, 0.05) is 41.8 Å². The van der Waals surface area contributed by atoms with Crippen molar-refractivity contribution in [3.05, 3.63) is 36.0 Å². The number of nitrogens with one attached hydrogen (secondary N) is 1. The van der Waals surface area contributed by atoms with Gasteiger partial charge in [-0.1, -0.05) is 26.8 Å². The highest BCUT2D eigenvalue weighted by atomic mass is 16.2. The van der Waals surface area contributed by atoms with Gasteiger partial charge >= 0.3 is 0 Å². The van der Waals surface area contributed by atoms with Crippen molar-refractivity contribution in [3.63, 3.8) is 0 Å². The van der Waals surface area contributed by atoms with Gasteiger partial charge in [0.2, 0.25) is 5.91 Å². The van der Waals surface area contributed by atoms with Gasteiger partial charge in [-0.3, -0.25) is 9.78 Å². The Balaban J connectivity index is 1.50. The van der Waals surface area contributed by atoms with Crippen LogP contribution in [0.1, 0.15) is 45.6 Å². The molecule has 3 heterocycles. The number of aromatic nitrogens is 1. The molecule has 2 atom stereocenters. The molecule has 0 spiro atoms. The fraction of sp³-hybridized carbons (Fsp3) is 0.615. The first-order valence-electron chi connectivity index (χ1n) is 11.8. The molecule has 0 saturated carbocycles. The number of likely N-dealkylation sites (tertiary alicyclic amines) is 1. The number of rotatable bonds is 4. The topological polar surface area (TPSA) is 48.5 Å². The average molecular weight is 423 g/mol. The highest BCUT2D eigenvalue weighted by molar-refractivity contribution is 5.94. The minimum absolute atomic E-state index is 0.176. The summed E-state index contributed by atoms with van der Waals surface area (Å²) < 4.78 is 0. The Labute approximate surface area is 187 Å². The molecule has 2 aromatic rings. The van der Waals surface area contributed by atoms with E-state index in [1.807, 2.05) is 12.3 Å². The third kappa shape index (κ3) is 4.57. The van der Waals surface area contributed by atoms with E-state index >= 15 is 0 Å². The lowest BCUT2D eigenvalue weighted by atomic mass is 9.73. The lowest BCUT2D eigenvalue weighted by Crippen LogP contribution is -2.54. The second-order valence-corrected chi connectivity index (χ2v) is 10.5. The summed E-state index contributed by atoms with van der Waals surface area (Å²) in [6, 6.07) is 8.75. The van der Waals surface area contributed by atoms with Crippen LogP contribution in [0, 0.1) is 24.2 Å². The van der Waals surface area contributed by atoms with Gasteiger partial charge in [-0.25, -0.2) is 0 Å². The summed E-state index contributed by atoms with van der Waals surface area (Å²) in [6.07, 6.45) is 5.11. The molecule has 1 aromatic carbocycles. The van der Waals surface area contributed by atoms with E-state index in [0.29, 0.717) is 11.8 Å². The molecule has 2 fully saturated rings. The number of anilines is 1. The van der Waals surface area contributed by atoms with Gasteiger partial charge in [0.1, 0.15) is 0 Å². The molecule has 0 aliphatic carbocycles. The lowest BCUT2D eigenvalue weighted by molar-refractivity contribution is -0.134. The van der Waals surface area contributed by atoms with E-state index < -0.39 is 0 Å². The van der Waals surface area contributed by atoms with Crippen LogP contribution in [0.15, 0.2) is 30.5 Å². The SMILES string of the molecule is Cc1ccc(N2C[C@@H](C)C[C@@H](NC(=O)C(C)(C)C3CCN(C)CC3)C2)c2cccnc12. The molecule has 1 N–H and O–H groups in total. The Hall–Kier alpha value is -2.14. The van der Waals surface area contributed by atoms with Crippen LogP contribution in [0.3, 0.4) is 0 Å². The number of carbonyl (C=O) groups excluding carboxylic acids is 1. The maximum Gasteiger partial charge on any atom is 0.226 e. The Morgan fingerprint density at radius 1 is 1.16 bits per heavy atom. The number of hydrogen-bond donors (Lipinski definition) is 1. The van der Waals surface area contributed by atoms with E-state index in [-0.39, 0.29) is 17.4 Å². The first-order chi connectivity index (χ1) is 14.8. The zero-order valence-corrected chi connectivity index (χ0v) is 19.8. The fourth-order valence-electron chi connectivity index (χ4n) is 5.51. The summed E-state index contributed by atoms with van der Waals surface area (Å²) >= 11 is 0. The second-order valence-electron chi connectivity index (χ2n) is 10.5. The molecule has 168 valence electrons. The van der Waals surface area contributed by atoms with E-state index in [9.17, 15) is 4.79 Å². The van der Waals surface area contributed by atoms with Crippen LogP contribution in [-0.2, 0) is 4.79 Å². The minimum atomic E-state index is -0.326. The van der Waals surface area contributed by atoms with Crippen molar-refractivity contribution in [2.24, 2.45) is 17.3 Å². The minimum Gasteiger partial charge on any atom is -0.369 e. The highest BCUT2D eigenvalue weighted by Gasteiger charge is 2.39. The van der Waals surface area contributed by atoms with Crippen LogP contribution >= 0.6 is 0 Å². The van der Waals surface area contributed by atoms with Crippen LogP contribution in [-0.4, -0.2) is 55.1 Å². The molecule has 0 radical (unpaired) electrons. The number of nitrogens with zero attached hydrogens (tertiary/aromatic N) is 3. The molecule has 0 unspecified atom stereocenters. The van der Waals surface area contributed by atoms with Gasteiger partial charge in [-0.15, -0.1) is 0 Å².